The lowest BCUT2D eigenvalue weighted by atomic mass is 9.74. The van der Waals surface area contributed by atoms with Gasteiger partial charge in [0.05, 0.1) is 21.9 Å². The minimum atomic E-state index is -1.70. The van der Waals surface area contributed by atoms with Crippen LogP contribution < -0.4 is 0 Å². The Balaban J connectivity index is 2.34. The highest BCUT2D eigenvalue weighted by Gasteiger charge is 2.87. The monoisotopic (exact) mass is 398 g/mol. The van der Waals surface area contributed by atoms with E-state index in [0.717, 1.165) is 0 Å². The van der Waals surface area contributed by atoms with Crippen LogP contribution in [0.3, 0.4) is 0 Å². The van der Waals surface area contributed by atoms with E-state index in [-0.39, 0.29) is 34.8 Å². The number of hydrogen-bond donors (Lipinski definition) is 0. The number of fused-ring (bicyclic) bond motifs is 5. The topological polar surface area (TPSA) is 52.6 Å². The second-order valence-corrected chi connectivity index (χ2v) is 7.58. The van der Waals surface area contributed by atoms with Gasteiger partial charge < -0.3 is 9.47 Å². The highest BCUT2D eigenvalue weighted by Crippen LogP contribution is 2.74. The molecule has 8 heteroatoms. The Bertz CT molecular complexity index is 604. The first kappa shape index (κ1) is 17.7. The number of halogens is 4. The molecule has 0 spiro atoms. The fourth-order valence-electron chi connectivity index (χ4n) is 3.98. The average molecular weight is 400 g/mol. The van der Waals surface area contributed by atoms with Gasteiger partial charge in [0.2, 0.25) is 5.79 Å². The van der Waals surface area contributed by atoms with Crippen LogP contribution in [0.25, 0.3) is 0 Å². The van der Waals surface area contributed by atoms with Crippen molar-refractivity contribution < 1.29 is 19.1 Å². The molecule has 4 atom stereocenters. The second kappa shape index (κ2) is 5.45. The summed E-state index contributed by atoms with van der Waals surface area (Å²) in [7, 11) is 0. The number of carbonyl (C=O) groups excluding carboxylic acids is 2. The first-order valence-electron chi connectivity index (χ1n) is 7.21. The molecular weight excluding hydrogens is 386 g/mol. The van der Waals surface area contributed by atoms with Gasteiger partial charge in [0.1, 0.15) is 9.75 Å². The smallest absolute Gasteiger partial charge is 0.219 e. The fraction of sp³-hybridized carbons (Fsp3) is 0.600. The third-order valence-corrected chi connectivity index (χ3v) is 7.31. The Kier molecular flexibility index (Phi) is 4.20. The molecule has 0 aromatic heterocycles. The van der Waals surface area contributed by atoms with Gasteiger partial charge in [-0.25, -0.2) is 0 Å². The maximum atomic E-state index is 12.5. The summed E-state index contributed by atoms with van der Waals surface area (Å²) in [5, 5.41) is -0.00846. The van der Waals surface area contributed by atoms with E-state index in [2.05, 4.69) is 0 Å². The molecule has 2 bridgehead atoms. The van der Waals surface area contributed by atoms with E-state index < -0.39 is 27.4 Å². The third kappa shape index (κ3) is 1.73. The molecule has 126 valence electrons. The first-order valence-corrected chi connectivity index (χ1v) is 8.72. The van der Waals surface area contributed by atoms with Crippen molar-refractivity contribution in [3.63, 3.8) is 0 Å². The summed E-state index contributed by atoms with van der Waals surface area (Å²) in [4.78, 5) is 21.7. The van der Waals surface area contributed by atoms with Crippen LogP contribution in [-0.2, 0) is 19.1 Å². The maximum absolute atomic E-state index is 12.5. The number of ketones is 2. The van der Waals surface area contributed by atoms with Crippen LogP contribution in [-0.4, -0.2) is 40.3 Å². The molecule has 23 heavy (non-hydrogen) atoms. The first-order chi connectivity index (χ1) is 10.7. The third-order valence-electron chi connectivity index (χ3n) is 4.70. The molecule has 3 aliphatic carbocycles. The number of ether oxygens (including phenoxy) is 2. The van der Waals surface area contributed by atoms with Crippen LogP contribution in [0.2, 0.25) is 0 Å². The van der Waals surface area contributed by atoms with Crippen LogP contribution >= 0.6 is 46.4 Å². The van der Waals surface area contributed by atoms with Gasteiger partial charge in [0.25, 0.3) is 0 Å². The van der Waals surface area contributed by atoms with E-state index >= 15 is 0 Å². The van der Waals surface area contributed by atoms with Gasteiger partial charge >= 0.3 is 0 Å². The van der Waals surface area contributed by atoms with Gasteiger partial charge in [-0.05, 0) is 26.0 Å². The van der Waals surface area contributed by atoms with Gasteiger partial charge in [-0.2, -0.15) is 0 Å². The molecular formula is C15H14Cl4O4. The van der Waals surface area contributed by atoms with E-state index in [1.807, 2.05) is 0 Å². The van der Waals surface area contributed by atoms with Crippen molar-refractivity contribution in [2.24, 2.45) is 11.8 Å². The lowest BCUT2D eigenvalue weighted by molar-refractivity contribution is -0.245. The minimum Gasteiger partial charge on any atom is -0.346 e. The number of hydrogen-bond acceptors (Lipinski definition) is 4. The van der Waals surface area contributed by atoms with Gasteiger partial charge in [-0.3, -0.25) is 9.59 Å². The van der Waals surface area contributed by atoms with Crippen molar-refractivity contribution in [1.29, 1.82) is 0 Å². The van der Waals surface area contributed by atoms with Crippen molar-refractivity contribution in [3.8, 4) is 0 Å². The fourth-order valence-corrected chi connectivity index (χ4v) is 6.07. The summed E-state index contributed by atoms with van der Waals surface area (Å²) in [6.07, 6.45) is 2.38. The van der Waals surface area contributed by atoms with E-state index in [4.69, 9.17) is 55.9 Å². The van der Waals surface area contributed by atoms with Crippen molar-refractivity contribution in [1.82, 2.24) is 0 Å². The number of rotatable bonds is 4. The summed E-state index contributed by atoms with van der Waals surface area (Å²) in [6.45, 7) is 3.83. The number of allylic oxidation sites excluding steroid dienone is 2. The summed E-state index contributed by atoms with van der Waals surface area (Å²) in [5.74, 6) is -4.39. The maximum Gasteiger partial charge on any atom is 0.219 e. The van der Waals surface area contributed by atoms with Gasteiger partial charge in [0, 0.05) is 13.2 Å². The van der Waals surface area contributed by atoms with Crippen molar-refractivity contribution in [2.45, 2.75) is 29.4 Å². The molecule has 0 saturated heterocycles. The quantitative estimate of drug-likeness (QED) is 0.537. The SMILES string of the molecule is CCOC1(OCC)[C@@]2(Cl)C(Cl)=C(Cl)[C@]1(Cl)[C@H]1C(=O)C=CC(=O)[C@@H]12. The highest BCUT2D eigenvalue weighted by atomic mass is 35.5. The predicted octanol–water partition coefficient (Wildman–Crippen LogP) is 3.37. The molecule has 1 saturated carbocycles. The van der Waals surface area contributed by atoms with Crippen molar-refractivity contribution in [2.75, 3.05) is 13.2 Å². The normalized spacial score (nSPS) is 41.0. The summed E-state index contributed by atoms with van der Waals surface area (Å²) < 4.78 is 11.6. The molecule has 0 aliphatic heterocycles. The Hall–Kier alpha value is -0.100. The zero-order chi connectivity index (χ0) is 17.2. The van der Waals surface area contributed by atoms with Crippen LogP contribution in [0.5, 0.6) is 0 Å². The number of carbonyl (C=O) groups is 2. The Morgan fingerprint density at radius 1 is 0.913 bits per heavy atom. The second-order valence-electron chi connectivity index (χ2n) is 5.63. The lowest BCUT2D eigenvalue weighted by Crippen LogP contribution is -2.59. The molecule has 0 aromatic rings. The van der Waals surface area contributed by atoms with Crippen LogP contribution in [0.4, 0.5) is 0 Å². The molecule has 0 heterocycles. The zero-order valence-electron chi connectivity index (χ0n) is 12.4. The largest absolute Gasteiger partial charge is 0.346 e. The molecule has 3 aliphatic rings. The van der Waals surface area contributed by atoms with E-state index in [1.165, 1.54) is 12.2 Å². The Labute approximate surface area is 153 Å². The van der Waals surface area contributed by atoms with Crippen molar-refractivity contribution >= 4 is 58.0 Å². The number of alkyl halides is 2. The molecule has 0 radical (unpaired) electrons. The molecule has 0 aromatic carbocycles. The molecule has 1 fully saturated rings. The zero-order valence-corrected chi connectivity index (χ0v) is 15.4. The molecule has 0 amide bonds. The Morgan fingerprint density at radius 2 is 1.26 bits per heavy atom. The van der Waals surface area contributed by atoms with Crippen LogP contribution in [0.15, 0.2) is 22.2 Å². The molecule has 0 N–H and O–H groups in total. The van der Waals surface area contributed by atoms with Gasteiger partial charge in [-0.15, -0.1) is 23.2 Å². The Morgan fingerprint density at radius 3 is 1.57 bits per heavy atom. The van der Waals surface area contributed by atoms with Crippen molar-refractivity contribution in [3.05, 3.63) is 22.2 Å². The van der Waals surface area contributed by atoms with E-state index in [1.54, 1.807) is 13.8 Å². The molecule has 3 rings (SSSR count). The van der Waals surface area contributed by atoms with E-state index in [0.29, 0.717) is 0 Å². The summed E-state index contributed by atoms with van der Waals surface area (Å²) in [6, 6.07) is 0. The molecule has 0 unspecified atom stereocenters. The minimum absolute atomic E-state index is 0.00423. The average Bonchev–Trinajstić information content (AvgIpc) is 2.75. The van der Waals surface area contributed by atoms with Crippen LogP contribution in [0.1, 0.15) is 13.8 Å². The van der Waals surface area contributed by atoms with E-state index in [9.17, 15) is 9.59 Å². The van der Waals surface area contributed by atoms with Gasteiger partial charge in [-0.1, -0.05) is 23.2 Å². The van der Waals surface area contributed by atoms with Gasteiger partial charge in [0.15, 0.2) is 11.6 Å². The van der Waals surface area contributed by atoms with Crippen LogP contribution in [0, 0.1) is 11.8 Å². The summed E-state index contributed by atoms with van der Waals surface area (Å²) >= 11 is 26.4. The predicted molar refractivity (Wildman–Crippen MR) is 88.0 cm³/mol. The highest BCUT2D eigenvalue weighted by molar-refractivity contribution is 6.53. The molecule has 4 nitrogen and oxygen atoms in total. The standard InChI is InChI=1S/C15H14Cl4O4/c1-3-22-15(23-4-2)13(18)9-7(20)5-6-8(21)10(9)14(15,19)12(17)11(13)16/h5-6,9-10H,3-4H2,1-2H3/t9-,10-,13-,14+/m0/s1. The lowest BCUT2D eigenvalue weighted by Gasteiger charge is -2.42. The summed E-state index contributed by atoms with van der Waals surface area (Å²) in [5.41, 5.74) is 0.